The molecule has 3 rings (SSSR count). The van der Waals surface area contributed by atoms with Crippen molar-refractivity contribution in [3.63, 3.8) is 0 Å². The van der Waals surface area contributed by atoms with Gasteiger partial charge in [-0.05, 0) is 50.5 Å². The molecule has 0 aromatic heterocycles. The van der Waals surface area contributed by atoms with Crippen LogP contribution in [0.15, 0.2) is 54.6 Å². The van der Waals surface area contributed by atoms with Crippen LogP contribution >= 0.6 is 0 Å². The van der Waals surface area contributed by atoms with Gasteiger partial charge in [0.05, 0.1) is 0 Å². The molecule has 2 aromatic rings. The molecule has 1 saturated heterocycles. The second-order valence-electron chi connectivity index (χ2n) is 7.78. The quantitative estimate of drug-likeness (QED) is 0.824. The van der Waals surface area contributed by atoms with Crippen LogP contribution in [0.25, 0.3) is 0 Å². The standard InChI is InChI=1S/C22H28N2O2/c1-22(2,3)26-21(25)24-15-13-23(14-16-24)20-11-9-19(10-12-20)17-18-7-5-4-6-8-18/h4-12H,13-17H2,1-3H3. The Kier molecular flexibility index (Phi) is 5.50. The van der Waals surface area contributed by atoms with Gasteiger partial charge in [-0.1, -0.05) is 42.5 Å². The van der Waals surface area contributed by atoms with Gasteiger partial charge in [0.1, 0.15) is 5.60 Å². The number of anilines is 1. The maximum Gasteiger partial charge on any atom is 0.410 e. The summed E-state index contributed by atoms with van der Waals surface area (Å²) in [5.74, 6) is 0. The fourth-order valence-corrected chi connectivity index (χ4v) is 3.13. The van der Waals surface area contributed by atoms with Gasteiger partial charge >= 0.3 is 6.09 Å². The molecular formula is C22H28N2O2. The van der Waals surface area contributed by atoms with Crippen LogP contribution in [0.1, 0.15) is 31.9 Å². The fourth-order valence-electron chi connectivity index (χ4n) is 3.13. The van der Waals surface area contributed by atoms with Crippen molar-refractivity contribution in [1.29, 1.82) is 0 Å². The van der Waals surface area contributed by atoms with E-state index in [1.54, 1.807) is 4.90 Å². The number of benzene rings is 2. The van der Waals surface area contributed by atoms with Gasteiger partial charge in [-0.15, -0.1) is 0 Å². The maximum absolute atomic E-state index is 12.2. The third-order valence-corrected chi connectivity index (χ3v) is 4.48. The first-order chi connectivity index (χ1) is 12.4. The Morgan fingerprint density at radius 2 is 1.46 bits per heavy atom. The highest BCUT2D eigenvalue weighted by Crippen LogP contribution is 2.20. The van der Waals surface area contributed by atoms with E-state index in [4.69, 9.17) is 4.74 Å². The summed E-state index contributed by atoms with van der Waals surface area (Å²) in [6.45, 7) is 8.75. The van der Waals surface area contributed by atoms with Gasteiger partial charge in [0.15, 0.2) is 0 Å². The molecule has 1 aliphatic rings. The number of ether oxygens (including phenoxy) is 1. The Morgan fingerprint density at radius 1 is 0.885 bits per heavy atom. The highest BCUT2D eigenvalue weighted by Gasteiger charge is 2.25. The molecule has 4 nitrogen and oxygen atoms in total. The van der Waals surface area contributed by atoms with E-state index in [0.717, 1.165) is 19.5 Å². The Morgan fingerprint density at radius 3 is 2.04 bits per heavy atom. The van der Waals surface area contributed by atoms with Gasteiger partial charge in [0, 0.05) is 31.9 Å². The second kappa shape index (κ2) is 7.81. The minimum Gasteiger partial charge on any atom is -0.444 e. The van der Waals surface area contributed by atoms with E-state index in [1.165, 1.54) is 16.8 Å². The lowest BCUT2D eigenvalue weighted by molar-refractivity contribution is 0.0240. The first-order valence-electron chi connectivity index (χ1n) is 9.26. The summed E-state index contributed by atoms with van der Waals surface area (Å²) in [7, 11) is 0. The molecule has 0 N–H and O–H groups in total. The van der Waals surface area contributed by atoms with Crippen LogP contribution in [0.4, 0.5) is 10.5 Å². The summed E-state index contributed by atoms with van der Waals surface area (Å²) in [6.07, 6.45) is 0.739. The molecule has 0 spiro atoms. The third kappa shape index (κ3) is 5.01. The van der Waals surface area contributed by atoms with Crippen molar-refractivity contribution in [2.75, 3.05) is 31.1 Å². The molecule has 0 bridgehead atoms. The highest BCUT2D eigenvalue weighted by molar-refractivity contribution is 5.68. The van der Waals surface area contributed by atoms with Gasteiger partial charge in [-0.25, -0.2) is 4.79 Å². The molecule has 1 fully saturated rings. The van der Waals surface area contributed by atoms with Crippen molar-refractivity contribution in [1.82, 2.24) is 4.90 Å². The van der Waals surface area contributed by atoms with Gasteiger partial charge in [-0.2, -0.15) is 0 Å². The zero-order chi connectivity index (χ0) is 18.6. The lowest BCUT2D eigenvalue weighted by atomic mass is 10.0. The fraction of sp³-hybridized carbons (Fsp3) is 0.409. The second-order valence-corrected chi connectivity index (χ2v) is 7.78. The lowest BCUT2D eigenvalue weighted by Crippen LogP contribution is -2.50. The van der Waals surface area contributed by atoms with Crippen molar-refractivity contribution >= 4 is 11.8 Å². The van der Waals surface area contributed by atoms with Crippen molar-refractivity contribution in [2.45, 2.75) is 32.8 Å². The lowest BCUT2D eigenvalue weighted by Gasteiger charge is -2.36. The smallest absolute Gasteiger partial charge is 0.410 e. The van der Waals surface area contributed by atoms with E-state index in [0.29, 0.717) is 13.1 Å². The van der Waals surface area contributed by atoms with Crippen molar-refractivity contribution in [3.8, 4) is 0 Å². The molecular weight excluding hydrogens is 324 g/mol. The normalized spacial score (nSPS) is 15.0. The molecule has 0 saturated carbocycles. The van der Waals surface area contributed by atoms with Crippen LogP contribution < -0.4 is 4.90 Å². The van der Waals surface area contributed by atoms with E-state index < -0.39 is 5.60 Å². The van der Waals surface area contributed by atoms with E-state index in [-0.39, 0.29) is 6.09 Å². The van der Waals surface area contributed by atoms with Crippen LogP contribution in [0.3, 0.4) is 0 Å². The predicted octanol–water partition coefficient (Wildman–Crippen LogP) is 4.33. The average Bonchev–Trinajstić information content (AvgIpc) is 2.62. The Bertz CT molecular complexity index is 712. The zero-order valence-corrected chi connectivity index (χ0v) is 15.9. The summed E-state index contributed by atoms with van der Waals surface area (Å²) in [4.78, 5) is 16.3. The van der Waals surface area contributed by atoms with Crippen LogP contribution in [0.5, 0.6) is 0 Å². The summed E-state index contributed by atoms with van der Waals surface area (Å²) in [5.41, 5.74) is 3.41. The van der Waals surface area contributed by atoms with Crippen LogP contribution in [-0.2, 0) is 11.2 Å². The number of rotatable bonds is 3. The zero-order valence-electron chi connectivity index (χ0n) is 15.9. The molecule has 4 heteroatoms. The SMILES string of the molecule is CC(C)(C)OC(=O)N1CCN(c2ccc(Cc3ccccc3)cc2)CC1. The molecule has 2 aromatic carbocycles. The summed E-state index contributed by atoms with van der Waals surface area (Å²) < 4.78 is 5.46. The molecule has 1 amide bonds. The van der Waals surface area contributed by atoms with Gasteiger partial charge in [0.25, 0.3) is 0 Å². The monoisotopic (exact) mass is 352 g/mol. The van der Waals surface area contributed by atoms with Crippen LogP contribution in [0.2, 0.25) is 0 Å². The maximum atomic E-state index is 12.2. The van der Waals surface area contributed by atoms with Crippen LogP contribution in [-0.4, -0.2) is 42.8 Å². The number of carbonyl (C=O) groups is 1. The van der Waals surface area contributed by atoms with Crippen molar-refractivity contribution in [3.05, 3.63) is 65.7 Å². The first kappa shape index (κ1) is 18.3. The minimum absolute atomic E-state index is 0.213. The Labute approximate surface area is 156 Å². The molecule has 1 aliphatic heterocycles. The Balaban J connectivity index is 1.54. The Hall–Kier alpha value is -2.49. The summed E-state index contributed by atoms with van der Waals surface area (Å²) in [6, 6.07) is 19.3. The largest absolute Gasteiger partial charge is 0.444 e. The molecule has 0 unspecified atom stereocenters. The van der Waals surface area contributed by atoms with Gasteiger partial charge in [0.2, 0.25) is 0 Å². The first-order valence-corrected chi connectivity index (χ1v) is 9.26. The predicted molar refractivity (Wildman–Crippen MR) is 106 cm³/mol. The molecule has 0 aliphatic carbocycles. The van der Waals surface area contributed by atoms with E-state index in [2.05, 4.69) is 53.4 Å². The molecule has 1 heterocycles. The van der Waals surface area contributed by atoms with Crippen molar-refractivity contribution in [2.24, 2.45) is 0 Å². The number of amides is 1. The molecule has 0 atom stereocenters. The van der Waals surface area contributed by atoms with Crippen LogP contribution in [0, 0.1) is 0 Å². The highest BCUT2D eigenvalue weighted by atomic mass is 16.6. The minimum atomic E-state index is -0.442. The van der Waals surface area contributed by atoms with E-state index in [1.807, 2.05) is 26.8 Å². The van der Waals surface area contributed by atoms with Crippen molar-refractivity contribution < 1.29 is 9.53 Å². The van der Waals surface area contributed by atoms with E-state index in [9.17, 15) is 4.79 Å². The topological polar surface area (TPSA) is 32.8 Å². The van der Waals surface area contributed by atoms with Gasteiger partial charge < -0.3 is 14.5 Å². The number of hydrogen-bond acceptors (Lipinski definition) is 3. The number of nitrogens with zero attached hydrogens (tertiary/aromatic N) is 2. The number of piperazine rings is 1. The van der Waals surface area contributed by atoms with E-state index >= 15 is 0 Å². The average molecular weight is 352 g/mol. The summed E-state index contributed by atoms with van der Waals surface area (Å²) in [5, 5.41) is 0. The molecule has 26 heavy (non-hydrogen) atoms. The number of carbonyl (C=O) groups excluding carboxylic acids is 1. The number of hydrogen-bond donors (Lipinski definition) is 0. The molecule has 138 valence electrons. The summed E-state index contributed by atoms with van der Waals surface area (Å²) >= 11 is 0. The van der Waals surface area contributed by atoms with Gasteiger partial charge in [-0.3, -0.25) is 0 Å². The third-order valence-electron chi connectivity index (χ3n) is 4.48. The molecule has 0 radical (unpaired) electrons.